The fourth-order valence-corrected chi connectivity index (χ4v) is 6.15. The van der Waals surface area contributed by atoms with Gasteiger partial charge in [-0.1, -0.05) is 23.7 Å². The van der Waals surface area contributed by atoms with Gasteiger partial charge in [0.25, 0.3) is 5.91 Å². The van der Waals surface area contributed by atoms with Crippen molar-refractivity contribution in [2.24, 2.45) is 7.05 Å². The second-order valence-corrected chi connectivity index (χ2v) is 10.8. The second kappa shape index (κ2) is 9.09. The molecule has 1 atom stereocenters. The van der Waals surface area contributed by atoms with Crippen LogP contribution in [0.4, 0.5) is 10.2 Å². The largest absolute Gasteiger partial charge is 0.478 e. The molecule has 2 aromatic heterocycles. The van der Waals surface area contributed by atoms with E-state index >= 15 is 0 Å². The number of hydrogen-bond acceptors (Lipinski definition) is 8. The molecule has 0 saturated heterocycles. The van der Waals surface area contributed by atoms with E-state index < -0.39 is 33.6 Å². The quantitative estimate of drug-likeness (QED) is 0.332. The molecular weight excluding hydrogens is 527 g/mol. The number of nitrogens with one attached hydrogen (secondary N) is 2. The molecule has 5 rings (SSSR count). The average Bonchev–Trinajstić information content (AvgIpc) is 3.31. The lowest BCUT2D eigenvalue weighted by Crippen LogP contribution is -2.24. The number of hydrogen-bond donors (Lipinski definition) is 3. The lowest BCUT2D eigenvalue weighted by Gasteiger charge is -2.12. The van der Waals surface area contributed by atoms with Gasteiger partial charge in [0.15, 0.2) is 21.3 Å². The van der Waals surface area contributed by atoms with Crippen LogP contribution in [0, 0.1) is 5.82 Å². The van der Waals surface area contributed by atoms with E-state index in [9.17, 15) is 27.5 Å². The summed E-state index contributed by atoms with van der Waals surface area (Å²) >= 11 is 5.80. The van der Waals surface area contributed by atoms with Crippen LogP contribution in [0.15, 0.2) is 47.6 Å². The predicted molar refractivity (Wildman–Crippen MR) is 131 cm³/mol. The highest BCUT2D eigenvalue weighted by Gasteiger charge is 2.36. The number of aromatic nitrogens is 4. The molecule has 0 aliphatic carbocycles. The van der Waals surface area contributed by atoms with Crippen LogP contribution in [0.1, 0.15) is 38.0 Å². The van der Waals surface area contributed by atoms with Gasteiger partial charge in [0.05, 0.1) is 27.3 Å². The van der Waals surface area contributed by atoms with Crippen molar-refractivity contribution >= 4 is 50.2 Å². The van der Waals surface area contributed by atoms with Crippen LogP contribution >= 0.6 is 11.6 Å². The topological polar surface area (TPSA) is 156 Å². The van der Waals surface area contributed by atoms with E-state index in [-0.39, 0.29) is 39.3 Å². The summed E-state index contributed by atoms with van der Waals surface area (Å²) in [6.45, 7) is 0.0718. The molecule has 0 saturated carbocycles. The average molecular weight is 545 g/mol. The Balaban J connectivity index is 1.43. The summed E-state index contributed by atoms with van der Waals surface area (Å²) in [5.74, 6) is -2.39. The summed E-state index contributed by atoms with van der Waals surface area (Å²) < 4.78 is 40.2. The minimum Gasteiger partial charge on any atom is -0.478 e. The number of carboxylic acid groups (broad SMARTS) is 1. The zero-order chi connectivity index (χ0) is 26.5. The summed E-state index contributed by atoms with van der Waals surface area (Å²) in [6, 6.07) is 7.34. The molecule has 0 bridgehead atoms. The number of benzene rings is 2. The van der Waals surface area contributed by atoms with Gasteiger partial charge in [0, 0.05) is 13.6 Å². The van der Waals surface area contributed by atoms with Crippen molar-refractivity contribution in [3.8, 4) is 0 Å². The molecule has 4 aromatic rings. The van der Waals surface area contributed by atoms with Gasteiger partial charge < -0.3 is 15.7 Å². The maximum Gasteiger partial charge on any atom is 0.335 e. The molecule has 0 fully saturated rings. The molecular formula is C23H18ClFN6O5S. The number of sulfone groups is 1. The first-order chi connectivity index (χ1) is 17.5. The molecule has 11 nitrogen and oxygen atoms in total. The number of rotatable bonds is 6. The molecule has 2 aromatic carbocycles. The lowest BCUT2D eigenvalue weighted by atomic mass is 10.1. The van der Waals surface area contributed by atoms with Crippen LogP contribution in [0.5, 0.6) is 0 Å². The highest BCUT2D eigenvalue weighted by atomic mass is 35.5. The number of carbonyl (C=O) groups excluding carboxylic acids is 1. The first-order valence-electron chi connectivity index (χ1n) is 10.8. The molecule has 14 heteroatoms. The summed E-state index contributed by atoms with van der Waals surface area (Å²) in [5, 5.41) is 19.3. The Morgan fingerprint density at radius 2 is 2.00 bits per heavy atom. The molecule has 190 valence electrons. The summed E-state index contributed by atoms with van der Waals surface area (Å²) in [6.07, 6.45) is 1.19. The van der Waals surface area contributed by atoms with Crippen LogP contribution in [0.3, 0.4) is 0 Å². The highest BCUT2D eigenvalue weighted by molar-refractivity contribution is 7.91. The molecule has 37 heavy (non-hydrogen) atoms. The molecule has 3 N–H and O–H groups in total. The molecule has 1 aliphatic rings. The van der Waals surface area contributed by atoms with Gasteiger partial charge in [-0.3, -0.25) is 9.48 Å². The second-order valence-electron chi connectivity index (χ2n) is 8.36. The summed E-state index contributed by atoms with van der Waals surface area (Å²) in [5.41, 5.74) is 1.50. The standard InChI is InChI=1S/C23H18ClFN6O5S/c1-31-20-18(27-10-28-19(20)22(32)26-8-11-2-5-15(25)14(24)6-11)21(30-31)29-16-9-37(35,36)17-7-12(23(33)34)3-4-13(16)17/h2-7,10,16H,8-9H2,1H3,(H,26,32)(H,29,30)(H,33,34). The zero-order valence-corrected chi connectivity index (χ0v) is 20.6. The lowest BCUT2D eigenvalue weighted by molar-refractivity contribution is 0.0696. The number of amides is 1. The molecule has 1 unspecified atom stereocenters. The van der Waals surface area contributed by atoms with E-state index in [1.807, 2.05) is 0 Å². The fourth-order valence-electron chi connectivity index (χ4n) is 4.19. The summed E-state index contributed by atoms with van der Waals surface area (Å²) in [4.78, 5) is 32.5. The van der Waals surface area contributed by atoms with Gasteiger partial charge in [-0.15, -0.1) is 0 Å². The van der Waals surface area contributed by atoms with Crippen LogP contribution in [-0.4, -0.2) is 50.9 Å². The molecule has 0 spiro atoms. The molecule has 1 aliphatic heterocycles. The maximum absolute atomic E-state index is 13.4. The normalized spacial score (nSPS) is 15.9. The van der Waals surface area contributed by atoms with Crippen molar-refractivity contribution in [2.45, 2.75) is 17.5 Å². The van der Waals surface area contributed by atoms with Crippen molar-refractivity contribution in [3.05, 3.63) is 75.9 Å². The third kappa shape index (κ3) is 4.47. The van der Waals surface area contributed by atoms with Crippen molar-refractivity contribution in [1.29, 1.82) is 0 Å². The van der Waals surface area contributed by atoms with E-state index in [4.69, 9.17) is 11.6 Å². The molecule has 3 heterocycles. The van der Waals surface area contributed by atoms with E-state index in [1.165, 1.54) is 41.3 Å². The highest BCUT2D eigenvalue weighted by Crippen LogP contribution is 2.37. The van der Waals surface area contributed by atoms with E-state index in [0.29, 0.717) is 22.2 Å². The van der Waals surface area contributed by atoms with Crippen molar-refractivity contribution in [3.63, 3.8) is 0 Å². The molecule has 0 radical (unpaired) electrons. The Bertz CT molecular complexity index is 1710. The van der Waals surface area contributed by atoms with E-state index in [0.717, 1.165) is 6.07 Å². The van der Waals surface area contributed by atoms with Crippen molar-refractivity contribution < 1.29 is 27.5 Å². The van der Waals surface area contributed by atoms with Crippen LogP contribution in [0.25, 0.3) is 11.0 Å². The van der Waals surface area contributed by atoms with Crippen LogP contribution < -0.4 is 10.6 Å². The van der Waals surface area contributed by atoms with Gasteiger partial charge in [-0.2, -0.15) is 5.10 Å². The zero-order valence-electron chi connectivity index (χ0n) is 19.1. The Kier molecular flexibility index (Phi) is 6.04. The van der Waals surface area contributed by atoms with E-state index in [2.05, 4.69) is 25.7 Å². The number of aromatic carboxylic acids is 1. The van der Waals surface area contributed by atoms with Crippen LogP contribution in [-0.2, 0) is 23.4 Å². The van der Waals surface area contributed by atoms with Crippen molar-refractivity contribution in [1.82, 2.24) is 25.1 Å². The first-order valence-corrected chi connectivity index (χ1v) is 12.8. The first kappa shape index (κ1) is 24.6. The number of nitrogens with zero attached hydrogens (tertiary/aromatic N) is 4. The van der Waals surface area contributed by atoms with Gasteiger partial charge in [0.1, 0.15) is 23.2 Å². The number of carbonyl (C=O) groups is 2. The number of fused-ring (bicyclic) bond motifs is 2. The maximum atomic E-state index is 13.4. The van der Waals surface area contributed by atoms with E-state index in [1.54, 1.807) is 7.05 Å². The number of anilines is 1. The van der Waals surface area contributed by atoms with Gasteiger partial charge >= 0.3 is 5.97 Å². The number of halogens is 2. The molecule has 1 amide bonds. The number of aryl methyl sites for hydroxylation is 1. The van der Waals surface area contributed by atoms with Gasteiger partial charge in [0.2, 0.25) is 0 Å². The minimum absolute atomic E-state index is 0.0341. The number of carboxylic acids is 1. The Labute approximate surface area is 214 Å². The summed E-state index contributed by atoms with van der Waals surface area (Å²) in [7, 11) is -2.14. The third-order valence-corrected chi connectivity index (χ3v) is 8.03. The van der Waals surface area contributed by atoms with Gasteiger partial charge in [-0.05, 0) is 35.4 Å². The predicted octanol–water partition coefficient (Wildman–Crippen LogP) is 2.72. The minimum atomic E-state index is -3.73. The monoisotopic (exact) mass is 544 g/mol. The Hall–Kier alpha value is -4.10. The van der Waals surface area contributed by atoms with Crippen LogP contribution in [0.2, 0.25) is 5.02 Å². The SMILES string of the molecule is Cn1nc(NC2CS(=O)(=O)c3cc(C(=O)O)ccc32)c2ncnc(C(=O)NCc3ccc(F)c(Cl)c3)c21. The van der Waals surface area contributed by atoms with Crippen molar-refractivity contribution in [2.75, 3.05) is 11.1 Å². The fraction of sp³-hybridized carbons (Fsp3) is 0.174. The van der Waals surface area contributed by atoms with Gasteiger partial charge in [-0.25, -0.2) is 27.6 Å². The Morgan fingerprint density at radius 3 is 2.73 bits per heavy atom. The Morgan fingerprint density at radius 1 is 1.22 bits per heavy atom. The third-order valence-electron chi connectivity index (χ3n) is 5.94. The smallest absolute Gasteiger partial charge is 0.335 e.